The zero-order valence-electron chi connectivity index (χ0n) is 10.1. The Bertz CT molecular complexity index is 652. The number of rotatable bonds is 3. The molecule has 0 saturated heterocycles. The van der Waals surface area contributed by atoms with Crippen LogP contribution < -0.4 is 15.8 Å². The number of nitrogens with zero attached hydrogens (tertiary/aromatic N) is 2. The van der Waals surface area contributed by atoms with Crippen LogP contribution in [0.3, 0.4) is 0 Å². The molecule has 0 aliphatic heterocycles. The quantitative estimate of drug-likeness (QED) is 0.908. The summed E-state index contributed by atoms with van der Waals surface area (Å²) < 4.78 is 5.99. The van der Waals surface area contributed by atoms with Gasteiger partial charge in [-0.15, -0.1) is 0 Å². The number of aromatic nitrogens is 1. The molecule has 5 nitrogen and oxygen atoms in total. The van der Waals surface area contributed by atoms with Crippen LogP contribution in [-0.4, -0.2) is 12.1 Å². The van der Waals surface area contributed by atoms with Crippen LogP contribution in [0.2, 0.25) is 0 Å². The van der Waals surface area contributed by atoms with E-state index in [9.17, 15) is 0 Å². The molecule has 0 aliphatic rings. The van der Waals surface area contributed by atoms with Gasteiger partial charge in [-0.1, -0.05) is 0 Å². The summed E-state index contributed by atoms with van der Waals surface area (Å²) in [5.74, 6) is 1.20. The minimum Gasteiger partial charge on any atom is -0.495 e. The lowest BCUT2D eigenvalue weighted by molar-refractivity contribution is 0.416. The fourth-order valence-electron chi connectivity index (χ4n) is 1.54. The van der Waals surface area contributed by atoms with Gasteiger partial charge in [0, 0.05) is 6.07 Å². The minimum atomic E-state index is 0.534. The van der Waals surface area contributed by atoms with Crippen molar-refractivity contribution in [3.63, 3.8) is 0 Å². The number of ether oxygens (including phenoxy) is 1. The van der Waals surface area contributed by atoms with Crippen LogP contribution in [0.5, 0.6) is 5.75 Å². The number of nitrogens with two attached hydrogens (primary N) is 1. The highest BCUT2D eigenvalue weighted by Crippen LogP contribution is 2.31. The predicted octanol–water partition coefficient (Wildman–Crippen LogP) is 3.05. The summed E-state index contributed by atoms with van der Waals surface area (Å²) in [4.78, 5) is 4.19. The number of nitrogens with one attached hydrogen (secondary N) is 1. The Morgan fingerprint density at radius 2 is 2.21 bits per heavy atom. The van der Waals surface area contributed by atoms with Gasteiger partial charge in [0.2, 0.25) is 0 Å². The van der Waals surface area contributed by atoms with E-state index in [0.717, 1.165) is 10.2 Å². The maximum atomic E-state index is 8.85. The number of methoxy groups -OCH3 is 1. The fourth-order valence-corrected chi connectivity index (χ4v) is 2.00. The Kier molecular flexibility index (Phi) is 3.88. The van der Waals surface area contributed by atoms with Crippen molar-refractivity contribution in [2.75, 3.05) is 18.2 Å². The Labute approximate surface area is 119 Å². The number of benzene rings is 1. The van der Waals surface area contributed by atoms with E-state index in [-0.39, 0.29) is 0 Å². The first-order valence-corrected chi connectivity index (χ1v) is 6.19. The van der Waals surface area contributed by atoms with Crippen molar-refractivity contribution in [2.24, 2.45) is 0 Å². The first-order chi connectivity index (χ1) is 9.13. The molecule has 1 heterocycles. The molecule has 3 N–H and O–H groups in total. The van der Waals surface area contributed by atoms with Crippen LogP contribution in [0.1, 0.15) is 5.56 Å². The minimum absolute atomic E-state index is 0.534. The molecule has 1 aromatic heterocycles. The number of anilines is 3. The molecule has 0 saturated carbocycles. The highest BCUT2D eigenvalue weighted by Gasteiger charge is 2.08. The van der Waals surface area contributed by atoms with Crippen LogP contribution in [0, 0.1) is 11.3 Å². The van der Waals surface area contributed by atoms with Crippen LogP contribution in [-0.2, 0) is 0 Å². The molecule has 0 atom stereocenters. The third-order valence-corrected chi connectivity index (χ3v) is 3.05. The van der Waals surface area contributed by atoms with Crippen molar-refractivity contribution in [2.45, 2.75) is 0 Å². The summed E-state index contributed by atoms with van der Waals surface area (Å²) in [7, 11) is 1.55. The molecule has 0 bridgehead atoms. The van der Waals surface area contributed by atoms with Crippen LogP contribution in [0.25, 0.3) is 0 Å². The van der Waals surface area contributed by atoms with Crippen LogP contribution in [0.4, 0.5) is 17.2 Å². The SMILES string of the molecule is COc1cc(C#N)ccc1Nc1ncc(N)cc1Br. The van der Waals surface area contributed by atoms with Crippen molar-refractivity contribution >= 4 is 33.1 Å². The lowest BCUT2D eigenvalue weighted by Crippen LogP contribution is -1.99. The normalized spacial score (nSPS) is 9.74. The zero-order valence-corrected chi connectivity index (χ0v) is 11.7. The maximum absolute atomic E-state index is 8.85. The summed E-state index contributed by atoms with van der Waals surface area (Å²) >= 11 is 3.38. The largest absolute Gasteiger partial charge is 0.495 e. The van der Waals surface area contributed by atoms with E-state index >= 15 is 0 Å². The molecule has 0 spiro atoms. The second kappa shape index (κ2) is 5.59. The number of hydrogen-bond donors (Lipinski definition) is 2. The Morgan fingerprint density at radius 1 is 1.42 bits per heavy atom. The van der Waals surface area contributed by atoms with E-state index in [1.54, 1.807) is 37.6 Å². The Balaban J connectivity index is 2.35. The van der Waals surface area contributed by atoms with Crippen LogP contribution in [0.15, 0.2) is 34.9 Å². The average molecular weight is 319 g/mol. The monoisotopic (exact) mass is 318 g/mol. The van der Waals surface area contributed by atoms with Gasteiger partial charge in [0.05, 0.1) is 40.8 Å². The van der Waals surface area contributed by atoms with Gasteiger partial charge < -0.3 is 15.8 Å². The second-order valence-electron chi connectivity index (χ2n) is 3.75. The molecule has 6 heteroatoms. The van der Waals surface area contributed by atoms with Crippen molar-refractivity contribution in [1.82, 2.24) is 4.98 Å². The van der Waals surface area contributed by atoms with E-state index in [2.05, 4.69) is 32.3 Å². The van der Waals surface area contributed by atoms with E-state index in [4.69, 9.17) is 15.7 Å². The number of hydrogen-bond acceptors (Lipinski definition) is 5. The molecule has 2 aromatic rings. The molecule has 2 rings (SSSR count). The third kappa shape index (κ3) is 2.95. The summed E-state index contributed by atoms with van der Waals surface area (Å²) in [6.45, 7) is 0. The van der Waals surface area contributed by atoms with Gasteiger partial charge in [0.15, 0.2) is 0 Å². The van der Waals surface area contributed by atoms with Gasteiger partial charge in [-0.3, -0.25) is 0 Å². The molecule has 0 unspecified atom stereocenters. The first kappa shape index (κ1) is 13.2. The topological polar surface area (TPSA) is 84.0 Å². The van der Waals surface area contributed by atoms with Gasteiger partial charge in [-0.05, 0) is 34.1 Å². The van der Waals surface area contributed by atoms with E-state index in [1.807, 2.05) is 0 Å². The van der Waals surface area contributed by atoms with Gasteiger partial charge in [0.25, 0.3) is 0 Å². The highest BCUT2D eigenvalue weighted by molar-refractivity contribution is 9.10. The number of nitrogen functional groups attached to an aromatic ring is 1. The summed E-state index contributed by atoms with van der Waals surface area (Å²) in [6.07, 6.45) is 1.56. The van der Waals surface area contributed by atoms with Crippen molar-refractivity contribution in [1.29, 1.82) is 5.26 Å². The lowest BCUT2D eigenvalue weighted by atomic mass is 10.2. The Morgan fingerprint density at radius 3 is 2.84 bits per heavy atom. The average Bonchev–Trinajstić information content (AvgIpc) is 2.42. The van der Waals surface area contributed by atoms with E-state index < -0.39 is 0 Å². The number of nitriles is 1. The lowest BCUT2D eigenvalue weighted by Gasteiger charge is -2.12. The molecule has 19 heavy (non-hydrogen) atoms. The molecule has 0 amide bonds. The Hall–Kier alpha value is -2.26. The second-order valence-corrected chi connectivity index (χ2v) is 4.61. The maximum Gasteiger partial charge on any atom is 0.144 e. The highest BCUT2D eigenvalue weighted by atomic mass is 79.9. The molecular weight excluding hydrogens is 308 g/mol. The van der Waals surface area contributed by atoms with Gasteiger partial charge in [-0.2, -0.15) is 5.26 Å². The molecule has 0 radical (unpaired) electrons. The molecule has 0 fully saturated rings. The van der Waals surface area contributed by atoms with Crippen LogP contribution >= 0.6 is 15.9 Å². The molecule has 1 aromatic carbocycles. The van der Waals surface area contributed by atoms with Gasteiger partial charge >= 0.3 is 0 Å². The van der Waals surface area contributed by atoms with E-state index in [1.165, 1.54) is 0 Å². The van der Waals surface area contributed by atoms with E-state index in [0.29, 0.717) is 22.8 Å². The molecule has 96 valence electrons. The number of halogens is 1. The predicted molar refractivity (Wildman–Crippen MR) is 77.3 cm³/mol. The van der Waals surface area contributed by atoms with Gasteiger partial charge in [-0.25, -0.2) is 4.98 Å². The molecule has 0 aliphatic carbocycles. The van der Waals surface area contributed by atoms with Gasteiger partial charge in [0.1, 0.15) is 11.6 Å². The molecular formula is C13H11BrN4O. The summed E-state index contributed by atoms with van der Waals surface area (Å²) in [5.41, 5.74) is 7.46. The van der Waals surface area contributed by atoms with Crippen molar-refractivity contribution < 1.29 is 4.74 Å². The summed E-state index contributed by atoms with van der Waals surface area (Å²) in [5, 5.41) is 12.0. The van der Waals surface area contributed by atoms with Crippen molar-refractivity contribution in [3.05, 3.63) is 40.5 Å². The fraction of sp³-hybridized carbons (Fsp3) is 0.0769. The third-order valence-electron chi connectivity index (χ3n) is 2.45. The standard InChI is InChI=1S/C13H11BrN4O/c1-19-12-4-8(6-15)2-3-11(12)18-13-10(14)5-9(16)7-17-13/h2-5,7H,16H2,1H3,(H,17,18). The van der Waals surface area contributed by atoms with Crippen molar-refractivity contribution in [3.8, 4) is 11.8 Å². The first-order valence-electron chi connectivity index (χ1n) is 5.40. The zero-order chi connectivity index (χ0) is 13.8. The summed E-state index contributed by atoms with van der Waals surface area (Å²) in [6, 6.07) is 8.95. The smallest absolute Gasteiger partial charge is 0.144 e. The number of pyridine rings is 1.